The Morgan fingerprint density at radius 2 is 1.95 bits per heavy atom. The summed E-state index contributed by atoms with van der Waals surface area (Å²) < 4.78 is 15.5. The second-order valence-corrected chi connectivity index (χ2v) is 5.05. The van der Waals surface area contributed by atoms with Crippen LogP contribution in [0.1, 0.15) is 29.3 Å². The second-order valence-electron chi connectivity index (χ2n) is 5.05. The summed E-state index contributed by atoms with van der Waals surface area (Å²) in [6.45, 7) is 1.89. The van der Waals surface area contributed by atoms with Crippen LogP contribution in [0.25, 0.3) is 0 Å². The number of hydrogen-bond acceptors (Lipinski definition) is 5. The number of carbonyl (C=O) groups excluding carboxylic acids is 2. The predicted octanol–water partition coefficient (Wildman–Crippen LogP) is 2.02. The molecule has 0 N–H and O–H groups in total. The first kappa shape index (κ1) is 15.9. The normalized spacial score (nSPS) is 19.3. The third kappa shape index (κ3) is 2.31. The van der Waals surface area contributed by atoms with E-state index in [2.05, 4.69) is 5.92 Å². The highest BCUT2D eigenvalue weighted by Gasteiger charge is 2.52. The Kier molecular flexibility index (Phi) is 4.41. The molecule has 0 bridgehead atoms. The molecule has 0 spiro atoms. The largest absolute Gasteiger partial charge is 0.493 e. The van der Waals surface area contributed by atoms with Crippen LogP contribution in [0.4, 0.5) is 0 Å². The Bertz CT molecular complexity index is 656. The van der Waals surface area contributed by atoms with Crippen LogP contribution in [-0.2, 0) is 16.0 Å². The van der Waals surface area contributed by atoms with Gasteiger partial charge in [-0.15, -0.1) is 12.3 Å². The van der Waals surface area contributed by atoms with E-state index in [0.717, 1.165) is 0 Å². The number of ketones is 1. The Balaban J connectivity index is 2.53. The van der Waals surface area contributed by atoms with Crippen molar-refractivity contribution < 1.29 is 23.8 Å². The predicted molar refractivity (Wildman–Crippen MR) is 80.1 cm³/mol. The smallest absolute Gasteiger partial charge is 0.321 e. The summed E-state index contributed by atoms with van der Waals surface area (Å²) in [6.07, 6.45) is 5.59. The molecule has 0 saturated carbocycles. The molecular formula is C17H18O5. The maximum Gasteiger partial charge on any atom is 0.321 e. The minimum absolute atomic E-state index is 0.00395. The summed E-state index contributed by atoms with van der Waals surface area (Å²) in [5.74, 6) is 2.48. The number of Topliss-reactive ketones (excluding diaryl/α,β-unsaturated/α-hetero) is 1. The van der Waals surface area contributed by atoms with E-state index in [1.807, 2.05) is 0 Å². The zero-order valence-corrected chi connectivity index (χ0v) is 12.9. The standard InChI is InChI=1S/C17H18O5/c1-5-7-17(16(19)22-6-2)10-11-8-13(20-3)14(21-4)9-12(11)15(17)18/h1,8-9H,6-7,10H2,2-4H3. The van der Waals surface area contributed by atoms with E-state index in [1.165, 1.54) is 14.2 Å². The first-order valence-electron chi connectivity index (χ1n) is 6.94. The molecule has 0 radical (unpaired) electrons. The Morgan fingerprint density at radius 3 is 2.50 bits per heavy atom. The highest BCUT2D eigenvalue weighted by Crippen LogP contribution is 2.44. The van der Waals surface area contributed by atoms with Crippen LogP contribution in [-0.4, -0.2) is 32.6 Å². The molecule has 1 unspecified atom stereocenters. The molecule has 5 nitrogen and oxygen atoms in total. The van der Waals surface area contributed by atoms with Gasteiger partial charge < -0.3 is 14.2 Å². The topological polar surface area (TPSA) is 61.8 Å². The van der Waals surface area contributed by atoms with Crippen molar-refractivity contribution in [1.29, 1.82) is 0 Å². The van der Waals surface area contributed by atoms with Crippen molar-refractivity contribution in [2.24, 2.45) is 5.41 Å². The quantitative estimate of drug-likeness (QED) is 0.473. The minimum Gasteiger partial charge on any atom is -0.493 e. The lowest BCUT2D eigenvalue weighted by Crippen LogP contribution is -2.38. The van der Waals surface area contributed by atoms with Crippen molar-refractivity contribution in [2.75, 3.05) is 20.8 Å². The summed E-state index contributed by atoms with van der Waals surface area (Å²) in [5.41, 5.74) is -0.198. The van der Waals surface area contributed by atoms with E-state index in [1.54, 1.807) is 19.1 Å². The zero-order chi connectivity index (χ0) is 16.3. The van der Waals surface area contributed by atoms with Gasteiger partial charge in [0.2, 0.25) is 0 Å². The molecule has 1 aromatic carbocycles. The van der Waals surface area contributed by atoms with Gasteiger partial charge in [-0.25, -0.2) is 0 Å². The lowest BCUT2D eigenvalue weighted by Gasteiger charge is -2.22. The third-order valence-electron chi connectivity index (χ3n) is 3.85. The fourth-order valence-electron chi connectivity index (χ4n) is 2.77. The SMILES string of the molecule is C#CCC1(C(=O)OCC)Cc2cc(OC)c(OC)cc2C1=O. The van der Waals surface area contributed by atoms with Crippen molar-refractivity contribution in [3.05, 3.63) is 23.3 Å². The summed E-state index contributed by atoms with van der Waals surface area (Å²) in [7, 11) is 3.00. The van der Waals surface area contributed by atoms with Crippen molar-refractivity contribution in [2.45, 2.75) is 19.8 Å². The van der Waals surface area contributed by atoms with Gasteiger partial charge >= 0.3 is 5.97 Å². The molecule has 0 aliphatic heterocycles. The van der Waals surface area contributed by atoms with E-state index in [0.29, 0.717) is 22.6 Å². The number of rotatable bonds is 5. The van der Waals surface area contributed by atoms with Gasteiger partial charge in [-0.1, -0.05) is 0 Å². The zero-order valence-electron chi connectivity index (χ0n) is 12.9. The lowest BCUT2D eigenvalue weighted by atomic mass is 9.80. The fourth-order valence-corrected chi connectivity index (χ4v) is 2.77. The van der Waals surface area contributed by atoms with Crippen LogP contribution in [0.2, 0.25) is 0 Å². The molecule has 5 heteroatoms. The van der Waals surface area contributed by atoms with Crippen LogP contribution in [0, 0.1) is 17.8 Å². The Labute approximate surface area is 129 Å². The van der Waals surface area contributed by atoms with Crippen molar-refractivity contribution in [3.63, 3.8) is 0 Å². The molecular weight excluding hydrogens is 284 g/mol. The monoisotopic (exact) mass is 302 g/mol. The van der Waals surface area contributed by atoms with Crippen molar-refractivity contribution in [3.8, 4) is 23.8 Å². The Hall–Kier alpha value is -2.48. The molecule has 22 heavy (non-hydrogen) atoms. The highest BCUT2D eigenvalue weighted by molar-refractivity contribution is 6.16. The van der Waals surface area contributed by atoms with Crippen LogP contribution < -0.4 is 9.47 Å². The number of fused-ring (bicyclic) bond motifs is 1. The molecule has 116 valence electrons. The summed E-state index contributed by atoms with van der Waals surface area (Å²) in [6, 6.07) is 3.30. The number of terminal acetylenes is 1. The van der Waals surface area contributed by atoms with Gasteiger partial charge in [-0.05, 0) is 31.0 Å². The van der Waals surface area contributed by atoms with E-state index >= 15 is 0 Å². The van der Waals surface area contributed by atoms with Crippen LogP contribution in [0.3, 0.4) is 0 Å². The van der Waals surface area contributed by atoms with Crippen molar-refractivity contribution >= 4 is 11.8 Å². The highest BCUT2D eigenvalue weighted by atomic mass is 16.5. The van der Waals surface area contributed by atoms with E-state index in [-0.39, 0.29) is 25.2 Å². The second kappa shape index (κ2) is 6.10. The van der Waals surface area contributed by atoms with Gasteiger partial charge in [0.15, 0.2) is 17.3 Å². The molecule has 1 aliphatic rings. The average Bonchev–Trinajstić information content (AvgIpc) is 2.79. The maximum absolute atomic E-state index is 12.8. The molecule has 0 fully saturated rings. The van der Waals surface area contributed by atoms with Crippen LogP contribution >= 0.6 is 0 Å². The number of hydrogen-bond donors (Lipinski definition) is 0. The summed E-state index contributed by atoms with van der Waals surface area (Å²) >= 11 is 0. The number of methoxy groups -OCH3 is 2. The minimum atomic E-state index is -1.34. The fraction of sp³-hybridized carbons (Fsp3) is 0.412. The van der Waals surface area contributed by atoms with Gasteiger partial charge in [0, 0.05) is 12.0 Å². The molecule has 1 atom stereocenters. The number of esters is 1. The number of benzene rings is 1. The van der Waals surface area contributed by atoms with Gasteiger partial charge in [-0.3, -0.25) is 9.59 Å². The molecule has 0 heterocycles. The average molecular weight is 302 g/mol. The number of carbonyl (C=O) groups is 2. The first-order valence-corrected chi connectivity index (χ1v) is 6.94. The molecule has 0 amide bonds. The lowest BCUT2D eigenvalue weighted by molar-refractivity contribution is -0.151. The summed E-state index contributed by atoms with van der Waals surface area (Å²) in [5, 5.41) is 0. The maximum atomic E-state index is 12.8. The van der Waals surface area contributed by atoms with E-state index in [4.69, 9.17) is 20.6 Å². The van der Waals surface area contributed by atoms with Gasteiger partial charge in [0.1, 0.15) is 5.41 Å². The third-order valence-corrected chi connectivity index (χ3v) is 3.85. The number of ether oxygens (including phenoxy) is 3. The first-order chi connectivity index (χ1) is 10.5. The molecule has 2 rings (SSSR count). The van der Waals surface area contributed by atoms with Crippen molar-refractivity contribution in [1.82, 2.24) is 0 Å². The van der Waals surface area contributed by atoms with Gasteiger partial charge in [0.05, 0.1) is 20.8 Å². The Morgan fingerprint density at radius 1 is 1.32 bits per heavy atom. The summed E-state index contributed by atoms with van der Waals surface area (Å²) in [4.78, 5) is 25.1. The van der Waals surface area contributed by atoms with Gasteiger partial charge in [0.25, 0.3) is 0 Å². The van der Waals surface area contributed by atoms with E-state index in [9.17, 15) is 9.59 Å². The molecule has 0 saturated heterocycles. The van der Waals surface area contributed by atoms with E-state index < -0.39 is 11.4 Å². The molecule has 1 aliphatic carbocycles. The van der Waals surface area contributed by atoms with Gasteiger partial charge in [-0.2, -0.15) is 0 Å². The molecule has 1 aromatic rings. The molecule has 0 aromatic heterocycles. The van der Waals surface area contributed by atoms with Crippen LogP contribution in [0.15, 0.2) is 12.1 Å². The van der Waals surface area contributed by atoms with Crippen LogP contribution in [0.5, 0.6) is 11.5 Å².